The van der Waals surface area contributed by atoms with Gasteiger partial charge in [0.15, 0.2) is 22.4 Å². The summed E-state index contributed by atoms with van der Waals surface area (Å²) >= 11 is 0. The highest BCUT2D eigenvalue weighted by Crippen LogP contribution is 2.44. The first-order valence-corrected chi connectivity index (χ1v) is 19.5. The average molecular weight is 527 g/mol. The lowest BCUT2D eigenvalue weighted by Crippen LogP contribution is -2.54. The van der Waals surface area contributed by atoms with Gasteiger partial charge in [0.2, 0.25) is 0 Å². The van der Waals surface area contributed by atoms with Gasteiger partial charge >= 0.3 is 0 Å². The maximum Gasteiger partial charge on any atom is 0.192 e. The Morgan fingerprint density at radius 1 is 0.743 bits per heavy atom. The van der Waals surface area contributed by atoms with Crippen molar-refractivity contribution in [3.05, 3.63) is 25.3 Å². The van der Waals surface area contributed by atoms with E-state index in [0.717, 1.165) is 38.5 Å². The van der Waals surface area contributed by atoms with Crippen LogP contribution in [0.1, 0.15) is 93.9 Å². The lowest BCUT2D eigenvalue weighted by molar-refractivity contribution is -0.159. The quantitative estimate of drug-likeness (QED) is 0.128. The van der Waals surface area contributed by atoms with Crippen molar-refractivity contribution in [2.24, 2.45) is 0 Å². The van der Waals surface area contributed by atoms with E-state index < -0.39 is 22.4 Å². The molecule has 1 aliphatic rings. The van der Waals surface area contributed by atoms with Gasteiger partial charge in [0.1, 0.15) is 12.2 Å². The molecule has 4 atom stereocenters. The molecule has 4 nitrogen and oxygen atoms in total. The van der Waals surface area contributed by atoms with Gasteiger partial charge in [0, 0.05) is 0 Å². The Hall–Kier alpha value is -0.246. The third kappa shape index (κ3) is 9.53. The highest BCUT2D eigenvalue weighted by Gasteiger charge is 2.52. The van der Waals surface area contributed by atoms with Crippen molar-refractivity contribution in [1.82, 2.24) is 0 Å². The van der Waals surface area contributed by atoms with Gasteiger partial charge in [-0.2, -0.15) is 0 Å². The van der Waals surface area contributed by atoms with E-state index in [-0.39, 0.29) is 34.5 Å². The van der Waals surface area contributed by atoms with E-state index in [0.29, 0.717) is 0 Å². The predicted octanol–water partition coefficient (Wildman–Crippen LogP) is 9.00. The smallest absolute Gasteiger partial charge is 0.192 e. The molecule has 1 fully saturated rings. The Morgan fingerprint density at radius 2 is 1.06 bits per heavy atom. The highest BCUT2D eigenvalue weighted by atomic mass is 28.4. The Morgan fingerprint density at radius 3 is 1.31 bits per heavy atom. The zero-order chi connectivity index (χ0) is 27.3. The van der Waals surface area contributed by atoms with Crippen molar-refractivity contribution < 1.29 is 18.3 Å². The van der Waals surface area contributed by atoms with Crippen LogP contribution in [-0.4, -0.2) is 46.8 Å². The molecule has 0 N–H and O–H groups in total. The fraction of sp³-hybridized carbons (Fsp3) is 0.862. The largest absolute Gasteiger partial charge is 0.411 e. The Balaban J connectivity index is 3.40. The zero-order valence-electron chi connectivity index (χ0n) is 25.3. The van der Waals surface area contributed by atoms with Crippen LogP contribution < -0.4 is 0 Å². The summed E-state index contributed by atoms with van der Waals surface area (Å²) < 4.78 is 27.5. The van der Waals surface area contributed by atoms with Gasteiger partial charge in [-0.1, -0.05) is 53.7 Å². The normalized spacial score (nSPS) is 23.2. The van der Waals surface area contributed by atoms with Crippen molar-refractivity contribution in [3.8, 4) is 0 Å². The minimum atomic E-state index is -2.02. The molecule has 0 bridgehead atoms. The summed E-state index contributed by atoms with van der Waals surface area (Å²) in [5.41, 5.74) is 0. The Kier molecular flexibility index (Phi) is 11.7. The minimum Gasteiger partial charge on any atom is -0.411 e. The maximum atomic E-state index is 7.07. The molecule has 6 heteroatoms. The lowest BCUT2D eigenvalue weighted by Gasteiger charge is -2.44. The van der Waals surface area contributed by atoms with Crippen molar-refractivity contribution >= 4 is 16.6 Å². The molecule has 0 radical (unpaired) electrons. The maximum absolute atomic E-state index is 7.07. The number of hydrogen-bond donors (Lipinski definition) is 0. The van der Waals surface area contributed by atoms with E-state index in [9.17, 15) is 0 Å². The highest BCUT2D eigenvalue weighted by molar-refractivity contribution is 6.74. The van der Waals surface area contributed by atoms with Crippen LogP contribution in [0.5, 0.6) is 0 Å². The molecule has 1 heterocycles. The summed E-state index contributed by atoms with van der Waals surface area (Å²) in [6, 6.07) is 0. The van der Waals surface area contributed by atoms with E-state index in [1.54, 1.807) is 0 Å². The second-order valence-corrected chi connectivity index (χ2v) is 23.3. The molecule has 0 aromatic heterocycles. The zero-order valence-corrected chi connectivity index (χ0v) is 27.3. The van der Waals surface area contributed by atoms with Gasteiger partial charge in [-0.3, -0.25) is 0 Å². The van der Waals surface area contributed by atoms with E-state index >= 15 is 0 Å². The number of ether oxygens (including phenoxy) is 2. The van der Waals surface area contributed by atoms with E-state index in [1.807, 2.05) is 26.0 Å². The average Bonchev–Trinajstić information content (AvgIpc) is 3.00. The van der Waals surface area contributed by atoms with Crippen LogP contribution in [-0.2, 0) is 18.3 Å². The van der Waals surface area contributed by atoms with Gasteiger partial charge in [0.25, 0.3) is 0 Å². The molecule has 1 rings (SSSR count). The summed E-state index contributed by atoms with van der Waals surface area (Å²) in [5, 5.41) is 0.240. The molecule has 0 amide bonds. The molecule has 0 aliphatic carbocycles. The molecule has 1 saturated heterocycles. The number of hydrogen-bond acceptors (Lipinski definition) is 4. The summed E-state index contributed by atoms with van der Waals surface area (Å²) in [4.78, 5) is 0. The fourth-order valence-corrected chi connectivity index (χ4v) is 6.73. The van der Waals surface area contributed by atoms with Crippen molar-refractivity contribution in [3.63, 3.8) is 0 Å². The first-order valence-electron chi connectivity index (χ1n) is 13.7. The van der Waals surface area contributed by atoms with Crippen molar-refractivity contribution in [2.45, 2.75) is 160 Å². The fourth-order valence-electron chi connectivity index (χ4n) is 4.01. The molecule has 0 saturated carbocycles. The first kappa shape index (κ1) is 32.8. The lowest BCUT2D eigenvalue weighted by atomic mass is 9.96. The van der Waals surface area contributed by atoms with Crippen LogP contribution in [0.15, 0.2) is 25.3 Å². The predicted molar refractivity (Wildman–Crippen MR) is 156 cm³/mol. The third-order valence-corrected chi connectivity index (χ3v) is 17.2. The van der Waals surface area contributed by atoms with E-state index in [2.05, 4.69) is 80.9 Å². The molecule has 1 aliphatic heterocycles. The number of allylic oxidation sites excluding steroid dienone is 2. The van der Waals surface area contributed by atoms with Crippen LogP contribution in [0.25, 0.3) is 0 Å². The van der Waals surface area contributed by atoms with Gasteiger partial charge in [-0.25, -0.2) is 0 Å². The Bertz CT molecular complexity index is 617. The van der Waals surface area contributed by atoms with E-state index in [1.165, 1.54) is 0 Å². The molecule has 0 aromatic rings. The minimum absolute atomic E-state index is 0.0347. The van der Waals surface area contributed by atoms with Crippen LogP contribution in [0.2, 0.25) is 36.3 Å². The SMILES string of the molecule is C=CCCC[C@@H](O[Si](C)(C)C(C)(C)C)[C@@H]1OC(C)(C)O[C@H]1[C@@H](CCCC=C)O[Si](C)(C)C(C)(C)C. The summed E-state index contributed by atoms with van der Waals surface area (Å²) in [6.07, 6.45) is 9.46. The molecule has 0 aromatic carbocycles. The molecule has 0 spiro atoms. The van der Waals surface area contributed by atoms with Crippen LogP contribution in [0, 0.1) is 0 Å². The second kappa shape index (κ2) is 12.5. The van der Waals surface area contributed by atoms with Crippen LogP contribution >= 0.6 is 0 Å². The van der Waals surface area contributed by atoms with Gasteiger partial charge in [0.05, 0.1) is 12.2 Å². The molecule has 206 valence electrons. The van der Waals surface area contributed by atoms with Crippen molar-refractivity contribution in [1.29, 1.82) is 0 Å². The summed E-state index contributed by atoms with van der Waals surface area (Å²) in [7, 11) is -4.04. The van der Waals surface area contributed by atoms with Gasteiger partial charge in [-0.15, -0.1) is 13.2 Å². The number of rotatable bonds is 14. The van der Waals surface area contributed by atoms with Crippen LogP contribution in [0.3, 0.4) is 0 Å². The molecular formula is C29H58O4Si2. The Labute approximate surface area is 220 Å². The summed E-state index contributed by atoms with van der Waals surface area (Å²) in [6.45, 7) is 35.0. The number of unbranched alkanes of at least 4 members (excludes halogenated alkanes) is 2. The third-order valence-electron chi connectivity index (χ3n) is 8.19. The van der Waals surface area contributed by atoms with Gasteiger partial charge < -0.3 is 18.3 Å². The topological polar surface area (TPSA) is 36.9 Å². The second-order valence-electron chi connectivity index (χ2n) is 13.8. The monoisotopic (exact) mass is 526 g/mol. The van der Waals surface area contributed by atoms with Crippen LogP contribution in [0.4, 0.5) is 0 Å². The van der Waals surface area contributed by atoms with Gasteiger partial charge in [-0.05, 0) is 88.6 Å². The molecular weight excluding hydrogens is 468 g/mol. The first-order chi connectivity index (χ1) is 15.8. The molecule has 0 unspecified atom stereocenters. The summed E-state index contributed by atoms with van der Waals surface area (Å²) in [5.74, 6) is -0.670. The van der Waals surface area contributed by atoms with Crippen molar-refractivity contribution in [2.75, 3.05) is 0 Å². The molecule has 35 heavy (non-hydrogen) atoms. The van der Waals surface area contributed by atoms with E-state index in [4.69, 9.17) is 18.3 Å². The standard InChI is InChI=1S/C29H58O4Si2/c1-15-17-19-21-23(32-34(11,12)27(3,4)5)25-26(31-29(9,10)30-25)24(22-20-18-16-2)33-35(13,14)28(6,7)8/h15-16,23-26H,1-2,17-22H2,3-14H3/t23-,24-,25+,26+/m1/s1.